The van der Waals surface area contributed by atoms with Crippen LogP contribution in [-0.4, -0.2) is 33.2 Å². The highest BCUT2D eigenvalue weighted by Gasteiger charge is 2.28. The number of hydrogen-bond acceptors (Lipinski definition) is 3. The maximum absolute atomic E-state index is 12.0. The Morgan fingerprint density at radius 2 is 1.80 bits per heavy atom. The van der Waals surface area contributed by atoms with Crippen molar-refractivity contribution >= 4 is 21.6 Å². The van der Waals surface area contributed by atoms with Crippen molar-refractivity contribution in [1.82, 2.24) is 5.32 Å². The Morgan fingerprint density at radius 3 is 2.20 bits per heavy atom. The third kappa shape index (κ3) is 3.96. The molecule has 0 aliphatic carbocycles. The summed E-state index contributed by atoms with van der Waals surface area (Å²) in [7, 11) is -3.53. The molecule has 0 heterocycles. The molecule has 1 aromatic carbocycles. The van der Waals surface area contributed by atoms with Gasteiger partial charge in [-0.1, -0.05) is 19.1 Å². The van der Waals surface area contributed by atoms with Crippen LogP contribution >= 0.6 is 0 Å². The second-order valence-electron chi connectivity index (χ2n) is 4.65. The molecule has 1 atom stereocenters. The Morgan fingerprint density at radius 1 is 1.25 bits per heavy atom. The van der Waals surface area contributed by atoms with Gasteiger partial charge >= 0.3 is 0 Å². The maximum atomic E-state index is 12.0. The molecule has 6 heteroatoms. The maximum Gasteiger partial charge on any atom is 0.243 e. The van der Waals surface area contributed by atoms with E-state index in [9.17, 15) is 13.2 Å². The summed E-state index contributed by atoms with van der Waals surface area (Å²) >= 11 is 0. The number of nitrogens with zero attached hydrogens (tertiary/aromatic N) is 1. The van der Waals surface area contributed by atoms with Crippen LogP contribution in [0.4, 0.5) is 5.69 Å². The molecule has 0 aliphatic heterocycles. The summed E-state index contributed by atoms with van der Waals surface area (Å²) in [5.74, 6) is -0.308. The molecule has 1 rings (SSSR count). The van der Waals surface area contributed by atoms with Crippen molar-refractivity contribution in [2.75, 3.05) is 17.1 Å². The van der Waals surface area contributed by atoms with Crippen LogP contribution in [0.5, 0.6) is 0 Å². The minimum atomic E-state index is -3.53. The second kappa shape index (κ2) is 6.74. The Balaban J connectivity index is 3.15. The van der Waals surface area contributed by atoms with Gasteiger partial charge in [0, 0.05) is 6.54 Å². The Kier molecular flexibility index (Phi) is 5.56. The Labute approximate surface area is 121 Å². The first kappa shape index (κ1) is 16.5. The van der Waals surface area contributed by atoms with Crippen LogP contribution in [0.15, 0.2) is 24.3 Å². The third-order valence-corrected chi connectivity index (χ3v) is 4.28. The van der Waals surface area contributed by atoms with Gasteiger partial charge in [0.2, 0.25) is 15.9 Å². The number of likely N-dealkylation sites (N-methyl/N-ethyl adjacent to an activating group) is 1. The number of sulfonamides is 1. The van der Waals surface area contributed by atoms with E-state index in [0.717, 1.165) is 22.5 Å². The zero-order valence-electron chi connectivity index (χ0n) is 12.4. The smallest absolute Gasteiger partial charge is 0.243 e. The van der Waals surface area contributed by atoms with Gasteiger partial charge in [-0.25, -0.2) is 8.42 Å². The second-order valence-corrected chi connectivity index (χ2v) is 6.51. The number of anilines is 1. The van der Waals surface area contributed by atoms with Crippen molar-refractivity contribution in [3.05, 3.63) is 29.8 Å². The average molecular weight is 298 g/mol. The number of carbonyl (C=O) groups is 1. The van der Waals surface area contributed by atoms with Gasteiger partial charge in [-0.2, -0.15) is 0 Å². The molecule has 1 aromatic rings. The topological polar surface area (TPSA) is 66.5 Å². The predicted octanol–water partition coefficient (Wildman–Crippen LogP) is 1.54. The highest BCUT2D eigenvalue weighted by molar-refractivity contribution is 7.92. The predicted molar refractivity (Wildman–Crippen MR) is 81.3 cm³/mol. The lowest BCUT2D eigenvalue weighted by Crippen LogP contribution is -2.47. The highest BCUT2D eigenvalue weighted by Crippen LogP contribution is 2.21. The van der Waals surface area contributed by atoms with Gasteiger partial charge in [-0.3, -0.25) is 9.10 Å². The number of aryl methyl sites for hydroxylation is 1. The summed E-state index contributed by atoms with van der Waals surface area (Å²) in [6.45, 7) is 5.88. The molecule has 0 bridgehead atoms. The lowest BCUT2D eigenvalue weighted by molar-refractivity contribution is -0.121. The Bertz CT molecular complexity index is 552. The molecule has 20 heavy (non-hydrogen) atoms. The lowest BCUT2D eigenvalue weighted by Gasteiger charge is -2.28. The standard InChI is InChI=1S/C14H22N2O3S/c1-5-12-7-9-13(10-8-12)16(20(4,18)19)11(3)14(17)15-6-2/h7-11H,5-6H2,1-4H3,(H,15,17). The number of rotatable bonds is 6. The molecule has 0 radical (unpaired) electrons. The minimum absolute atomic E-state index is 0.308. The zero-order chi connectivity index (χ0) is 15.3. The molecular weight excluding hydrogens is 276 g/mol. The molecule has 0 spiro atoms. The summed E-state index contributed by atoms with van der Waals surface area (Å²) in [6, 6.07) is 6.43. The van der Waals surface area contributed by atoms with Crippen molar-refractivity contribution in [3.63, 3.8) is 0 Å². The van der Waals surface area contributed by atoms with Crippen LogP contribution in [-0.2, 0) is 21.2 Å². The van der Waals surface area contributed by atoms with Crippen molar-refractivity contribution in [3.8, 4) is 0 Å². The summed E-state index contributed by atoms with van der Waals surface area (Å²) < 4.78 is 25.1. The van der Waals surface area contributed by atoms with E-state index in [-0.39, 0.29) is 5.91 Å². The van der Waals surface area contributed by atoms with Gasteiger partial charge in [-0.15, -0.1) is 0 Å². The van der Waals surface area contributed by atoms with Crippen molar-refractivity contribution in [2.24, 2.45) is 0 Å². The molecule has 1 unspecified atom stereocenters. The fourth-order valence-electron chi connectivity index (χ4n) is 2.01. The van der Waals surface area contributed by atoms with Crippen LogP contribution in [0.2, 0.25) is 0 Å². The van der Waals surface area contributed by atoms with Gasteiger partial charge < -0.3 is 5.32 Å². The van der Waals surface area contributed by atoms with Crippen LogP contribution in [0, 0.1) is 0 Å². The summed E-state index contributed by atoms with van der Waals surface area (Å²) in [5.41, 5.74) is 1.62. The molecule has 0 aliphatic rings. The van der Waals surface area contributed by atoms with E-state index in [1.165, 1.54) is 0 Å². The molecule has 5 nitrogen and oxygen atoms in total. The fraction of sp³-hybridized carbons (Fsp3) is 0.500. The van der Waals surface area contributed by atoms with E-state index in [4.69, 9.17) is 0 Å². The van der Waals surface area contributed by atoms with Gasteiger partial charge in [0.1, 0.15) is 6.04 Å². The number of amides is 1. The molecule has 0 saturated heterocycles. The number of carbonyl (C=O) groups excluding carboxylic acids is 1. The summed E-state index contributed by atoms with van der Waals surface area (Å²) in [5, 5.41) is 2.65. The number of benzene rings is 1. The zero-order valence-corrected chi connectivity index (χ0v) is 13.2. The van der Waals surface area contributed by atoms with E-state index >= 15 is 0 Å². The van der Waals surface area contributed by atoms with E-state index in [1.54, 1.807) is 26.0 Å². The largest absolute Gasteiger partial charge is 0.355 e. The van der Waals surface area contributed by atoms with Gasteiger partial charge in [0.15, 0.2) is 0 Å². The SMILES string of the molecule is CCNC(=O)C(C)N(c1ccc(CC)cc1)S(C)(=O)=O. The van der Waals surface area contributed by atoms with Crippen LogP contribution in [0.25, 0.3) is 0 Å². The first-order chi connectivity index (χ1) is 9.31. The van der Waals surface area contributed by atoms with Crippen molar-refractivity contribution < 1.29 is 13.2 Å². The van der Waals surface area contributed by atoms with Crippen LogP contribution in [0.1, 0.15) is 26.3 Å². The molecule has 0 fully saturated rings. The molecule has 0 aromatic heterocycles. The Hall–Kier alpha value is -1.56. The van der Waals surface area contributed by atoms with Crippen LogP contribution in [0.3, 0.4) is 0 Å². The van der Waals surface area contributed by atoms with E-state index < -0.39 is 16.1 Å². The minimum Gasteiger partial charge on any atom is -0.355 e. The van der Waals surface area contributed by atoms with Gasteiger partial charge in [-0.05, 0) is 38.0 Å². The molecule has 1 amide bonds. The van der Waals surface area contributed by atoms with Gasteiger partial charge in [0.25, 0.3) is 0 Å². The monoisotopic (exact) mass is 298 g/mol. The van der Waals surface area contributed by atoms with E-state index in [2.05, 4.69) is 5.32 Å². The molecule has 112 valence electrons. The highest BCUT2D eigenvalue weighted by atomic mass is 32.2. The van der Waals surface area contributed by atoms with Crippen molar-refractivity contribution in [2.45, 2.75) is 33.2 Å². The first-order valence-corrected chi connectivity index (χ1v) is 8.52. The summed E-state index contributed by atoms with van der Waals surface area (Å²) in [6.07, 6.45) is 1.99. The molecular formula is C14H22N2O3S. The molecule has 0 saturated carbocycles. The number of hydrogen-bond donors (Lipinski definition) is 1. The van der Waals surface area contributed by atoms with E-state index in [1.807, 2.05) is 19.1 Å². The average Bonchev–Trinajstić information content (AvgIpc) is 2.38. The summed E-state index contributed by atoms with van der Waals surface area (Å²) in [4.78, 5) is 11.9. The van der Waals surface area contributed by atoms with E-state index in [0.29, 0.717) is 12.2 Å². The normalized spacial score (nSPS) is 12.8. The quantitative estimate of drug-likeness (QED) is 0.866. The van der Waals surface area contributed by atoms with Crippen LogP contribution < -0.4 is 9.62 Å². The van der Waals surface area contributed by atoms with Gasteiger partial charge in [0.05, 0.1) is 11.9 Å². The molecule has 1 N–H and O–H groups in total. The number of nitrogens with one attached hydrogen (secondary N) is 1. The lowest BCUT2D eigenvalue weighted by atomic mass is 10.1. The first-order valence-electron chi connectivity index (χ1n) is 6.67. The fourth-order valence-corrected chi connectivity index (χ4v) is 3.18. The van der Waals surface area contributed by atoms with Crippen molar-refractivity contribution in [1.29, 1.82) is 0 Å². The third-order valence-electron chi connectivity index (χ3n) is 3.04.